The van der Waals surface area contributed by atoms with Crippen LogP contribution in [-0.4, -0.2) is 23.8 Å². The van der Waals surface area contributed by atoms with Crippen molar-refractivity contribution in [3.63, 3.8) is 0 Å². The lowest BCUT2D eigenvalue weighted by molar-refractivity contribution is -0.308. The van der Waals surface area contributed by atoms with E-state index in [1.54, 1.807) is 42.5 Å². The highest BCUT2D eigenvalue weighted by molar-refractivity contribution is 9.10. The number of carboxylic acid groups (broad SMARTS) is 1. The lowest BCUT2D eigenvalue weighted by atomic mass is 10.1. The fourth-order valence-electron chi connectivity index (χ4n) is 2.71. The van der Waals surface area contributed by atoms with E-state index in [-0.39, 0.29) is 12.1 Å². The Morgan fingerprint density at radius 3 is 2.43 bits per heavy atom. The summed E-state index contributed by atoms with van der Waals surface area (Å²) in [5.74, 6) is -2.52. The van der Waals surface area contributed by atoms with Crippen LogP contribution in [0.2, 0.25) is 0 Å². The number of unbranched alkanes of at least 4 members (excludes halogenated alkanes) is 1. The highest BCUT2D eigenvalue weighted by Gasteiger charge is 2.19. The van der Waals surface area contributed by atoms with Gasteiger partial charge in [-0.05, 0) is 49.2 Å². The van der Waals surface area contributed by atoms with Gasteiger partial charge in [0.2, 0.25) is 0 Å². The van der Waals surface area contributed by atoms with Crippen molar-refractivity contribution in [3.05, 3.63) is 75.4 Å². The summed E-state index contributed by atoms with van der Waals surface area (Å²) in [4.78, 5) is 36.9. The first-order chi connectivity index (χ1) is 14.3. The number of carbonyl (C=O) groups excluding carboxylic acids is 3. The number of rotatable bonds is 9. The van der Waals surface area contributed by atoms with Gasteiger partial charge in [0.15, 0.2) is 0 Å². The van der Waals surface area contributed by atoms with Crippen molar-refractivity contribution >= 4 is 39.8 Å². The second-order valence-electron chi connectivity index (χ2n) is 6.92. The minimum Gasteiger partial charge on any atom is -0.548 e. The van der Waals surface area contributed by atoms with Gasteiger partial charge in [0.1, 0.15) is 5.70 Å². The zero-order valence-electron chi connectivity index (χ0n) is 16.9. The molecule has 0 saturated carbocycles. The molecule has 0 radical (unpaired) electrons. The van der Waals surface area contributed by atoms with Gasteiger partial charge in [-0.1, -0.05) is 65.5 Å². The van der Waals surface area contributed by atoms with Crippen LogP contribution < -0.4 is 15.7 Å². The van der Waals surface area contributed by atoms with E-state index in [0.717, 1.165) is 16.5 Å². The van der Waals surface area contributed by atoms with Gasteiger partial charge in [-0.3, -0.25) is 9.59 Å². The van der Waals surface area contributed by atoms with Gasteiger partial charge < -0.3 is 20.5 Å². The molecule has 1 atom stereocenters. The van der Waals surface area contributed by atoms with E-state index in [9.17, 15) is 19.5 Å². The molecule has 0 fully saturated rings. The SMILES string of the molecule is CCCC[C@H](NC(=O)/C(=C/c1cccc(Br)c1)NC(=O)c1ccc(C)cc1)C(=O)[O-]. The van der Waals surface area contributed by atoms with Gasteiger partial charge in [0.05, 0.1) is 12.0 Å². The molecule has 2 amide bonds. The molecule has 2 aromatic carbocycles. The molecule has 2 rings (SSSR count). The number of hydrogen-bond donors (Lipinski definition) is 2. The number of hydrogen-bond acceptors (Lipinski definition) is 4. The number of halogens is 1. The Kier molecular flexibility index (Phi) is 8.80. The van der Waals surface area contributed by atoms with Crippen LogP contribution in [0.4, 0.5) is 0 Å². The molecule has 30 heavy (non-hydrogen) atoms. The van der Waals surface area contributed by atoms with Gasteiger partial charge in [-0.25, -0.2) is 0 Å². The molecule has 0 aromatic heterocycles. The second-order valence-corrected chi connectivity index (χ2v) is 7.84. The number of aryl methyl sites for hydroxylation is 1. The molecule has 0 heterocycles. The highest BCUT2D eigenvalue weighted by atomic mass is 79.9. The molecule has 0 aliphatic rings. The zero-order valence-corrected chi connectivity index (χ0v) is 18.5. The quantitative estimate of drug-likeness (QED) is 0.549. The van der Waals surface area contributed by atoms with Crippen LogP contribution in [0.15, 0.2) is 58.7 Å². The predicted molar refractivity (Wildman–Crippen MR) is 117 cm³/mol. The maximum Gasteiger partial charge on any atom is 0.268 e. The Morgan fingerprint density at radius 2 is 1.83 bits per heavy atom. The van der Waals surface area contributed by atoms with Crippen molar-refractivity contribution in [1.29, 1.82) is 0 Å². The maximum absolute atomic E-state index is 12.8. The number of carbonyl (C=O) groups is 3. The van der Waals surface area contributed by atoms with E-state index in [1.807, 2.05) is 19.9 Å². The Balaban J connectivity index is 2.30. The van der Waals surface area contributed by atoms with Crippen molar-refractivity contribution in [1.82, 2.24) is 10.6 Å². The molecule has 0 unspecified atom stereocenters. The van der Waals surface area contributed by atoms with Crippen molar-refractivity contribution in [2.24, 2.45) is 0 Å². The van der Waals surface area contributed by atoms with E-state index in [1.165, 1.54) is 6.08 Å². The summed E-state index contributed by atoms with van der Waals surface area (Å²) in [5.41, 5.74) is 2.00. The summed E-state index contributed by atoms with van der Waals surface area (Å²) in [6, 6.07) is 12.9. The summed E-state index contributed by atoms with van der Waals surface area (Å²) in [6.07, 6.45) is 3.16. The zero-order chi connectivity index (χ0) is 22.1. The van der Waals surface area contributed by atoms with Crippen molar-refractivity contribution < 1.29 is 19.5 Å². The molecule has 158 valence electrons. The molecule has 6 nitrogen and oxygen atoms in total. The third-order valence-corrected chi connectivity index (χ3v) is 4.90. The highest BCUT2D eigenvalue weighted by Crippen LogP contribution is 2.15. The van der Waals surface area contributed by atoms with Crippen LogP contribution in [-0.2, 0) is 9.59 Å². The van der Waals surface area contributed by atoms with Crippen LogP contribution in [0.1, 0.15) is 47.7 Å². The van der Waals surface area contributed by atoms with Crippen LogP contribution >= 0.6 is 15.9 Å². The summed E-state index contributed by atoms with van der Waals surface area (Å²) in [6.45, 7) is 3.83. The number of aliphatic carboxylic acids is 1. The smallest absolute Gasteiger partial charge is 0.268 e. The number of benzene rings is 2. The van der Waals surface area contributed by atoms with Gasteiger partial charge in [0, 0.05) is 10.0 Å². The van der Waals surface area contributed by atoms with Crippen molar-refractivity contribution in [2.45, 2.75) is 39.2 Å². The number of nitrogens with one attached hydrogen (secondary N) is 2. The lowest BCUT2D eigenvalue weighted by Crippen LogP contribution is -2.49. The first-order valence-corrected chi connectivity index (χ1v) is 10.5. The fraction of sp³-hybridized carbons (Fsp3) is 0.261. The molecule has 7 heteroatoms. The van der Waals surface area contributed by atoms with Crippen molar-refractivity contribution in [3.8, 4) is 0 Å². The predicted octanol–water partition coefficient (Wildman–Crippen LogP) is 2.95. The molecule has 2 N–H and O–H groups in total. The first kappa shape index (κ1) is 23.3. The Labute approximate surface area is 184 Å². The first-order valence-electron chi connectivity index (χ1n) is 9.67. The third kappa shape index (κ3) is 7.15. The molecule has 0 saturated heterocycles. The average molecular weight is 472 g/mol. The van der Waals surface area contributed by atoms with E-state index in [0.29, 0.717) is 17.5 Å². The van der Waals surface area contributed by atoms with Gasteiger partial charge in [0.25, 0.3) is 11.8 Å². The molecule has 0 spiro atoms. The summed E-state index contributed by atoms with van der Waals surface area (Å²) < 4.78 is 0.802. The summed E-state index contributed by atoms with van der Waals surface area (Å²) in [5, 5.41) is 16.5. The molecule has 2 aromatic rings. The van der Waals surface area contributed by atoms with E-state index in [4.69, 9.17) is 0 Å². The molecule has 0 aliphatic carbocycles. The summed E-state index contributed by atoms with van der Waals surface area (Å²) in [7, 11) is 0. The topological polar surface area (TPSA) is 98.3 Å². The minimum absolute atomic E-state index is 0.0542. The molecule has 0 bridgehead atoms. The van der Waals surface area contributed by atoms with E-state index >= 15 is 0 Å². The third-order valence-electron chi connectivity index (χ3n) is 4.40. The molecule has 0 aliphatic heterocycles. The normalized spacial score (nSPS) is 12.2. The van der Waals surface area contributed by atoms with Crippen LogP contribution in [0.25, 0.3) is 6.08 Å². The number of amides is 2. The van der Waals surface area contributed by atoms with Crippen LogP contribution in [0.5, 0.6) is 0 Å². The molecular weight excluding hydrogens is 448 g/mol. The van der Waals surface area contributed by atoms with E-state index in [2.05, 4.69) is 26.6 Å². The van der Waals surface area contributed by atoms with Crippen molar-refractivity contribution in [2.75, 3.05) is 0 Å². The molecular formula is C23H24BrN2O4-. The van der Waals surface area contributed by atoms with Gasteiger partial charge >= 0.3 is 0 Å². The van der Waals surface area contributed by atoms with Gasteiger partial charge in [-0.2, -0.15) is 0 Å². The monoisotopic (exact) mass is 471 g/mol. The minimum atomic E-state index is -1.36. The largest absolute Gasteiger partial charge is 0.548 e. The fourth-order valence-corrected chi connectivity index (χ4v) is 3.13. The van der Waals surface area contributed by atoms with Gasteiger partial charge in [-0.15, -0.1) is 0 Å². The Bertz CT molecular complexity index is 938. The maximum atomic E-state index is 12.8. The van der Waals surface area contributed by atoms with Crippen LogP contribution in [0.3, 0.4) is 0 Å². The second kappa shape index (κ2) is 11.3. The Hall–Kier alpha value is -2.93. The lowest BCUT2D eigenvalue weighted by Gasteiger charge is -2.20. The number of carboxylic acids is 1. The Morgan fingerprint density at radius 1 is 1.13 bits per heavy atom. The average Bonchev–Trinajstić information content (AvgIpc) is 2.70. The standard InChI is InChI=1S/C23H25BrN2O4/c1-3-4-8-19(23(29)30)25-22(28)20(14-16-6-5-7-18(24)13-16)26-21(27)17-11-9-15(2)10-12-17/h5-7,9-14,19H,3-4,8H2,1-2H3,(H,25,28)(H,26,27)(H,29,30)/p-1/b20-14-/t19-/m0/s1. The van der Waals surface area contributed by atoms with Crippen LogP contribution in [0, 0.1) is 6.92 Å². The van der Waals surface area contributed by atoms with E-state index < -0.39 is 23.8 Å². The summed E-state index contributed by atoms with van der Waals surface area (Å²) >= 11 is 3.37.